The fourth-order valence-electron chi connectivity index (χ4n) is 2.80. The zero-order valence-corrected chi connectivity index (χ0v) is 13.9. The number of carbonyl (C=O) groups excluding carboxylic acids is 1. The standard InChI is InChI=1S/C19H19N3O2/c1-13-8-7-11-17(12-13)22-19(24)18(20-15(3)23)14(2)21(22)16-9-5-4-6-10-16/h4-12H,1-3H3,(H,20,23). The summed E-state index contributed by atoms with van der Waals surface area (Å²) in [6, 6.07) is 17.3. The fraction of sp³-hybridized carbons (Fsp3) is 0.158. The normalized spacial score (nSPS) is 10.6. The second-order valence-electron chi connectivity index (χ2n) is 5.74. The SMILES string of the molecule is CC(=O)Nc1c(C)n(-c2ccccc2)n(-c2cccc(C)c2)c1=O. The molecular weight excluding hydrogens is 302 g/mol. The van der Waals surface area contributed by atoms with E-state index in [1.54, 1.807) is 4.68 Å². The molecule has 0 saturated carbocycles. The minimum absolute atomic E-state index is 0.253. The number of rotatable bonds is 3. The number of hydrogen-bond acceptors (Lipinski definition) is 2. The second-order valence-corrected chi connectivity index (χ2v) is 5.74. The van der Waals surface area contributed by atoms with Gasteiger partial charge >= 0.3 is 0 Å². The van der Waals surface area contributed by atoms with Gasteiger partial charge in [-0.1, -0.05) is 30.3 Å². The van der Waals surface area contributed by atoms with Crippen molar-refractivity contribution in [3.8, 4) is 11.4 Å². The first-order valence-corrected chi connectivity index (χ1v) is 7.73. The summed E-state index contributed by atoms with van der Waals surface area (Å²) in [5.74, 6) is -0.267. The van der Waals surface area contributed by atoms with Gasteiger partial charge < -0.3 is 5.32 Å². The van der Waals surface area contributed by atoms with E-state index >= 15 is 0 Å². The number of nitrogens with one attached hydrogen (secondary N) is 1. The quantitative estimate of drug-likeness (QED) is 0.805. The lowest BCUT2D eigenvalue weighted by Crippen LogP contribution is -2.22. The molecule has 5 heteroatoms. The molecule has 3 aromatic rings. The van der Waals surface area contributed by atoms with Crippen molar-refractivity contribution < 1.29 is 4.79 Å². The van der Waals surface area contributed by atoms with Crippen LogP contribution in [0.3, 0.4) is 0 Å². The van der Waals surface area contributed by atoms with Gasteiger partial charge in [-0.25, -0.2) is 9.36 Å². The summed E-state index contributed by atoms with van der Waals surface area (Å²) in [4.78, 5) is 24.5. The van der Waals surface area contributed by atoms with Crippen molar-refractivity contribution in [1.82, 2.24) is 9.36 Å². The lowest BCUT2D eigenvalue weighted by atomic mass is 10.2. The summed E-state index contributed by atoms with van der Waals surface area (Å²) in [5, 5.41) is 2.66. The Balaban J connectivity index is 2.34. The van der Waals surface area contributed by atoms with Crippen LogP contribution >= 0.6 is 0 Å². The monoisotopic (exact) mass is 321 g/mol. The van der Waals surface area contributed by atoms with Crippen LogP contribution in [0.2, 0.25) is 0 Å². The van der Waals surface area contributed by atoms with Gasteiger partial charge in [0.15, 0.2) is 0 Å². The minimum Gasteiger partial charge on any atom is -0.320 e. The molecule has 122 valence electrons. The summed E-state index contributed by atoms with van der Waals surface area (Å²) in [5.41, 5.74) is 3.39. The number of hydrogen-bond donors (Lipinski definition) is 1. The van der Waals surface area contributed by atoms with Gasteiger partial charge in [0.25, 0.3) is 5.56 Å². The number of aromatic nitrogens is 2. The molecule has 1 aromatic heterocycles. The van der Waals surface area contributed by atoms with Gasteiger partial charge in [-0.2, -0.15) is 0 Å². The van der Waals surface area contributed by atoms with Crippen LogP contribution in [0.5, 0.6) is 0 Å². The van der Waals surface area contributed by atoms with Crippen molar-refractivity contribution in [2.24, 2.45) is 0 Å². The molecule has 0 unspecified atom stereocenters. The Hall–Kier alpha value is -3.08. The van der Waals surface area contributed by atoms with Gasteiger partial charge in [0.1, 0.15) is 5.69 Å². The van der Waals surface area contributed by atoms with E-state index in [1.807, 2.05) is 73.1 Å². The summed E-state index contributed by atoms with van der Waals surface area (Å²) in [7, 11) is 0. The maximum atomic E-state index is 13.0. The van der Waals surface area contributed by atoms with Crippen LogP contribution in [-0.4, -0.2) is 15.3 Å². The van der Waals surface area contributed by atoms with E-state index < -0.39 is 0 Å². The van der Waals surface area contributed by atoms with E-state index in [0.717, 1.165) is 16.9 Å². The van der Waals surface area contributed by atoms with Crippen LogP contribution in [0, 0.1) is 13.8 Å². The number of nitrogens with zero attached hydrogens (tertiary/aromatic N) is 2. The average molecular weight is 321 g/mol. The van der Waals surface area contributed by atoms with Gasteiger partial charge in [-0.15, -0.1) is 0 Å². The molecule has 2 aromatic carbocycles. The number of aryl methyl sites for hydroxylation is 1. The molecule has 1 N–H and O–H groups in total. The Labute approximate surface area is 140 Å². The molecule has 1 amide bonds. The van der Waals surface area contributed by atoms with Crippen LogP contribution in [0.25, 0.3) is 11.4 Å². The maximum absolute atomic E-state index is 13.0. The Morgan fingerprint density at radius 2 is 1.58 bits per heavy atom. The lowest BCUT2D eigenvalue weighted by molar-refractivity contribution is -0.114. The van der Waals surface area contributed by atoms with Gasteiger partial charge in [0.2, 0.25) is 5.91 Å². The predicted molar refractivity (Wildman–Crippen MR) is 95.1 cm³/mol. The van der Waals surface area contributed by atoms with Gasteiger partial charge in [0.05, 0.1) is 17.1 Å². The molecule has 0 aliphatic heterocycles. The van der Waals surface area contributed by atoms with Crippen molar-refractivity contribution in [3.63, 3.8) is 0 Å². The molecule has 0 atom stereocenters. The van der Waals surface area contributed by atoms with E-state index in [9.17, 15) is 9.59 Å². The van der Waals surface area contributed by atoms with Gasteiger partial charge in [-0.05, 0) is 43.7 Å². The number of benzene rings is 2. The molecule has 0 saturated heterocycles. The number of anilines is 1. The Morgan fingerprint density at radius 1 is 0.917 bits per heavy atom. The molecule has 0 bridgehead atoms. The van der Waals surface area contributed by atoms with Crippen molar-refractivity contribution >= 4 is 11.6 Å². The van der Waals surface area contributed by atoms with Crippen molar-refractivity contribution in [1.29, 1.82) is 0 Å². The highest BCUT2D eigenvalue weighted by Gasteiger charge is 2.20. The first-order chi connectivity index (χ1) is 11.5. The summed E-state index contributed by atoms with van der Waals surface area (Å²) in [6.07, 6.45) is 0. The third-order valence-electron chi connectivity index (χ3n) is 3.83. The van der Waals surface area contributed by atoms with Crippen molar-refractivity contribution in [2.45, 2.75) is 20.8 Å². The smallest absolute Gasteiger partial charge is 0.295 e. The van der Waals surface area contributed by atoms with Gasteiger partial charge in [-0.3, -0.25) is 9.59 Å². The highest BCUT2D eigenvalue weighted by atomic mass is 16.2. The van der Waals surface area contributed by atoms with Crippen molar-refractivity contribution in [2.75, 3.05) is 5.32 Å². The Kier molecular flexibility index (Phi) is 4.08. The largest absolute Gasteiger partial charge is 0.320 e. The highest BCUT2D eigenvalue weighted by molar-refractivity contribution is 5.89. The molecule has 0 spiro atoms. The summed E-state index contributed by atoms with van der Waals surface area (Å²) < 4.78 is 3.41. The minimum atomic E-state index is -0.267. The first-order valence-electron chi connectivity index (χ1n) is 7.73. The molecule has 0 aliphatic carbocycles. The zero-order valence-electron chi connectivity index (χ0n) is 13.9. The molecule has 0 radical (unpaired) electrons. The third kappa shape index (κ3) is 2.76. The zero-order chi connectivity index (χ0) is 17.3. The predicted octanol–water partition coefficient (Wildman–Crippen LogP) is 3.20. The summed E-state index contributed by atoms with van der Waals surface area (Å²) in [6.45, 7) is 5.20. The Morgan fingerprint density at radius 3 is 2.21 bits per heavy atom. The van der Waals surface area contributed by atoms with E-state index in [-0.39, 0.29) is 11.5 Å². The van der Waals surface area contributed by atoms with Crippen LogP contribution in [-0.2, 0) is 4.79 Å². The third-order valence-corrected chi connectivity index (χ3v) is 3.83. The molecule has 24 heavy (non-hydrogen) atoms. The van der Waals surface area contributed by atoms with Crippen LogP contribution in [0.4, 0.5) is 5.69 Å². The van der Waals surface area contributed by atoms with Gasteiger partial charge in [0, 0.05) is 6.92 Å². The molecule has 0 aliphatic rings. The van der Waals surface area contributed by atoms with E-state index in [2.05, 4.69) is 5.32 Å². The van der Waals surface area contributed by atoms with Crippen LogP contribution in [0.1, 0.15) is 18.2 Å². The molecule has 3 rings (SSSR count). The summed E-state index contributed by atoms with van der Waals surface area (Å²) >= 11 is 0. The van der Waals surface area contributed by atoms with E-state index in [1.165, 1.54) is 6.92 Å². The number of carbonyl (C=O) groups is 1. The Bertz CT molecular complexity index is 952. The number of para-hydroxylation sites is 1. The molecular formula is C19H19N3O2. The number of amides is 1. The second kappa shape index (κ2) is 6.20. The average Bonchev–Trinajstić information content (AvgIpc) is 2.80. The molecule has 0 fully saturated rings. The van der Waals surface area contributed by atoms with Crippen LogP contribution in [0.15, 0.2) is 59.4 Å². The lowest BCUT2D eigenvalue weighted by Gasteiger charge is -2.14. The van der Waals surface area contributed by atoms with E-state index in [0.29, 0.717) is 11.4 Å². The topological polar surface area (TPSA) is 56.0 Å². The fourth-order valence-corrected chi connectivity index (χ4v) is 2.80. The molecule has 5 nitrogen and oxygen atoms in total. The van der Waals surface area contributed by atoms with Crippen LogP contribution < -0.4 is 10.9 Å². The maximum Gasteiger partial charge on any atom is 0.295 e. The highest BCUT2D eigenvalue weighted by Crippen LogP contribution is 2.20. The van der Waals surface area contributed by atoms with E-state index in [4.69, 9.17) is 0 Å². The first kappa shape index (κ1) is 15.8. The molecule has 1 heterocycles. The van der Waals surface area contributed by atoms with Crippen molar-refractivity contribution in [3.05, 3.63) is 76.2 Å².